The minimum absolute atomic E-state index is 0. The molecule has 30 heavy (non-hydrogen) atoms. The molecular weight excluding hydrogens is 380 g/mol. The van der Waals surface area contributed by atoms with Crippen LogP contribution in [-0.2, 0) is 10.2 Å². The van der Waals surface area contributed by atoms with Crippen molar-refractivity contribution in [2.24, 2.45) is 5.73 Å². The Morgan fingerprint density at radius 3 is 2.13 bits per heavy atom. The van der Waals surface area contributed by atoms with Crippen molar-refractivity contribution in [2.45, 2.75) is 18.3 Å². The molecular formula is C24H22N2O4. The van der Waals surface area contributed by atoms with Crippen molar-refractivity contribution >= 4 is 17.5 Å². The summed E-state index contributed by atoms with van der Waals surface area (Å²) in [6, 6.07) is 20.5. The van der Waals surface area contributed by atoms with E-state index >= 15 is 0 Å². The molecule has 2 amide bonds. The van der Waals surface area contributed by atoms with Crippen molar-refractivity contribution < 1.29 is 20.5 Å². The van der Waals surface area contributed by atoms with Crippen LogP contribution in [0.25, 0.3) is 11.1 Å². The lowest BCUT2D eigenvalue weighted by Crippen LogP contribution is -2.27. The van der Waals surface area contributed by atoms with E-state index in [0.29, 0.717) is 11.3 Å². The molecule has 2 aliphatic rings. The topological polar surface area (TPSA) is 90.7 Å². The third-order valence-corrected chi connectivity index (χ3v) is 5.76. The number of fused-ring (bicyclic) bond motifs is 1. The van der Waals surface area contributed by atoms with Gasteiger partial charge in [0.15, 0.2) is 11.5 Å². The molecule has 0 bridgehead atoms. The van der Waals surface area contributed by atoms with Crippen LogP contribution in [0.5, 0.6) is 11.5 Å². The average molecular weight is 402 g/mol. The first-order valence-corrected chi connectivity index (χ1v) is 9.77. The van der Waals surface area contributed by atoms with Crippen molar-refractivity contribution in [2.75, 3.05) is 12.1 Å². The smallest absolute Gasteiger partial charge is 0.248 e. The molecule has 5 rings (SSSR count). The van der Waals surface area contributed by atoms with Gasteiger partial charge < -0.3 is 20.5 Å². The molecule has 1 fully saturated rings. The van der Waals surface area contributed by atoms with Gasteiger partial charge in [0.2, 0.25) is 18.6 Å². The van der Waals surface area contributed by atoms with Gasteiger partial charge in [0.25, 0.3) is 0 Å². The summed E-state index contributed by atoms with van der Waals surface area (Å²) < 4.78 is 10.8. The summed E-state index contributed by atoms with van der Waals surface area (Å²) in [5.74, 6) is 0.948. The Bertz CT molecular complexity index is 1140. The van der Waals surface area contributed by atoms with Gasteiger partial charge in [0.05, 0.1) is 5.41 Å². The van der Waals surface area contributed by atoms with Crippen LogP contribution in [0.3, 0.4) is 0 Å². The minimum atomic E-state index is -0.510. The summed E-state index contributed by atoms with van der Waals surface area (Å²) in [6.07, 6.45) is 1.62. The van der Waals surface area contributed by atoms with Crippen LogP contribution in [-0.4, -0.2) is 18.6 Å². The molecule has 152 valence electrons. The number of benzene rings is 3. The zero-order valence-electron chi connectivity index (χ0n) is 16.2. The van der Waals surface area contributed by atoms with Crippen LogP contribution < -0.4 is 20.5 Å². The number of nitrogens with two attached hydrogens (primary N) is 1. The highest BCUT2D eigenvalue weighted by atomic mass is 16.7. The largest absolute Gasteiger partial charge is 0.454 e. The third-order valence-electron chi connectivity index (χ3n) is 5.76. The van der Waals surface area contributed by atoms with Crippen LogP contribution in [0.1, 0.15) is 30.2 Å². The lowest BCUT2D eigenvalue weighted by atomic mass is 9.94. The zero-order valence-corrected chi connectivity index (χ0v) is 16.2. The van der Waals surface area contributed by atoms with Crippen LogP contribution in [0.15, 0.2) is 66.7 Å². The summed E-state index contributed by atoms with van der Waals surface area (Å²) in [5, 5.41) is 3.04. The SMILES string of the molecule is NC(=O)c1ccc(-c2ccc(NC(=O)C3(c4ccc5c(c4)OCO5)CC3)cc2)cc1.[HH]. The van der Waals surface area contributed by atoms with Crippen molar-refractivity contribution in [1.29, 1.82) is 0 Å². The predicted octanol–water partition coefficient (Wildman–Crippen LogP) is 4.10. The highest BCUT2D eigenvalue weighted by Crippen LogP contribution is 2.51. The second-order valence-electron chi connectivity index (χ2n) is 7.62. The third kappa shape index (κ3) is 3.16. The molecule has 0 atom stereocenters. The number of ether oxygens (including phenoxy) is 2. The molecule has 1 aliphatic heterocycles. The molecule has 0 aromatic heterocycles. The molecule has 0 spiro atoms. The fourth-order valence-electron chi connectivity index (χ4n) is 3.79. The molecule has 0 saturated heterocycles. The van der Waals surface area contributed by atoms with E-state index in [9.17, 15) is 9.59 Å². The van der Waals surface area contributed by atoms with Crippen LogP contribution in [0.2, 0.25) is 0 Å². The summed E-state index contributed by atoms with van der Waals surface area (Å²) in [4.78, 5) is 24.2. The van der Waals surface area contributed by atoms with Crippen molar-refractivity contribution in [3.8, 4) is 22.6 Å². The molecule has 0 radical (unpaired) electrons. The van der Waals surface area contributed by atoms with Gasteiger partial charge in [-0.05, 0) is 65.9 Å². The second kappa shape index (κ2) is 6.91. The first kappa shape index (κ1) is 18.2. The average Bonchev–Trinajstić information content (AvgIpc) is 3.45. The van der Waals surface area contributed by atoms with Gasteiger partial charge in [-0.1, -0.05) is 30.3 Å². The molecule has 6 nitrogen and oxygen atoms in total. The normalized spacial score (nSPS) is 15.5. The fraction of sp³-hybridized carbons (Fsp3) is 0.167. The maximum Gasteiger partial charge on any atom is 0.248 e. The van der Waals surface area contributed by atoms with E-state index in [2.05, 4.69) is 5.32 Å². The highest BCUT2D eigenvalue weighted by molar-refractivity contribution is 6.01. The number of amides is 2. The van der Waals surface area contributed by atoms with Crippen molar-refractivity contribution in [1.82, 2.24) is 0 Å². The van der Waals surface area contributed by atoms with E-state index in [0.717, 1.165) is 41.0 Å². The number of hydrogen-bond donors (Lipinski definition) is 2. The Kier molecular flexibility index (Phi) is 4.20. The molecule has 0 unspecified atom stereocenters. The quantitative estimate of drug-likeness (QED) is 0.672. The van der Waals surface area contributed by atoms with Gasteiger partial charge in [-0.25, -0.2) is 0 Å². The molecule has 3 aromatic carbocycles. The number of rotatable bonds is 5. The number of carbonyl (C=O) groups is 2. The van der Waals surface area contributed by atoms with Crippen LogP contribution >= 0.6 is 0 Å². The van der Waals surface area contributed by atoms with E-state index in [1.54, 1.807) is 12.1 Å². The molecule has 1 aliphatic carbocycles. The van der Waals surface area contributed by atoms with Gasteiger partial charge in [-0.2, -0.15) is 0 Å². The lowest BCUT2D eigenvalue weighted by molar-refractivity contribution is -0.118. The Morgan fingerprint density at radius 2 is 1.50 bits per heavy atom. The number of nitrogens with one attached hydrogen (secondary N) is 1. The number of primary amides is 1. The molecule has 3 N–H and O–H groups in total. The van der Waals surface area contributed by atoms with E-state index < -0.39 is 11.3 Å². The predicted molar refractivity (Wildman–Crippen MR) is 115 cm³/mol. The van der Waals surface area contributed by atoms with Gasteiger partial charge in [0.1, 0.15) is 0 Å². The lowest BCUT2D eigenvalue weighted by Gasteiger charge is -2.16. The first-order valence-electron chi connectivity index (χ1n) is 9.77. The Balaban J connectivity index is 0.00000231. The number of anilines is 1. The van der Waals surface area contributed by atoms with Crippen LogP contribution in [0, 0.1) is 0 Å². The molecule has 1 saturated carbocycles. The monoisotopic (exact) mass is 402 g/mol. The van der Waals surface area contributed by atoms with E-state index in [1.165, 1.54) is 0 Å². The van der Waals surface area contributed by atoms with Crippen molar-refractivity contribution in [3.05, 3.63) is 77.9 Å². The maximum absolute atomic E-state index is 13.0. The van der Waals surface area contributed by atoms with Gasteiger partial charge in [0, 0.05) is 12.7 Å². The summed E-state index contributed by atoms with van der Waals surface area (Å²) in [5.41, 5.74) is 8.90. The highest BCUT2D eigenvalue weighted by Gasteiger charge is 2.51. The molecule has 6 heteroatoms. The van der Waals surface area contributed by atoms with E-state index in [4.69, 9.17) is 15.2 Å². The zero-order chi connectivity index (χ0) is 20.7. The Labute approximate surface area is 175 Å². The molecule has 1 heterocycles. The summed E-state index contributed by atoms with van der Waals surface area (Å²) in [6.45, 7) is 0.218. The number of carbonyl (C=O) groups excluding carboxylic acids is 2. The minimum Gasteiger partial charge on any atom is -0.454 e. The first-order chi connectivity index (χ1) is 14.5. The summed E-state index contributed by atoms with van der Waals surface area (Å²) >= 11 is 0. The van der Waals surface area contributed by atoms with Gasteiger partial charge >= 0.3 is 0 Å². The van der Waals surface area contributed by atoms with E-state index in [-0.39, 0.29) is 14.1 Å². The second-order valence-corrected chi connectivity index (χ2v) is 7.62. The summed E-state index contributed by atoms with van der Waals surface area (Å²) in [7, 11) is 0. The molecule has 3 aromatic rings. The standard InChI is InChI=1S/C24H20N2O4.H2/c25-22(27)17-3-1-15(2-4-17)16-5-8-19(9-6-16)26-23(28)24(11-12-24)18-7-10-20-21(13-18)30-14-29-20;/h1-10,13H,11-12,14H2,(H2,25,27)(H,26,28);1H. The van der Waals surface area contributed by atoms with Gasteiger partial charge in [-0.15, -0.1) is 0 Å². The number of hydrogen-bond acceptors (Lipinski definition) is 4. The Hall–Kier alpha value is -3.80. The van der Waals surface area contributed by atoms with Crippen LogP contribution in [0.4, 0.5) is 5.69 Å². The Morgan fingerprint density at radius 1 is 0.867 bits per heavy atom. The maximum atomic E-state index is 13.0. The van der Waals surface area contributed by atoms with E-state index in [1.807, 2.05) is 54.6 Å². The van der Waals surface area contributed by atoms with Gasteiger partial charge in [-0.3, -0.25) is 9.59 Å². The van der Waals surface area contributed by atoms with Crippen molar-refractivity contribution in [3.63, 3.8) is 0 Å². The fourth-order valence-corrected chi connectivity index (χ4v) is 3.79.